The fourth-order valence-corrected chi connectivity index (χ4v) is 2.43. The molecule has 0 aromatic carbocycles. The molecule has 1 N–H and O–H groups in total. The number of nitrogens with zero attached hydrogens (tertiary/aromatic N) is 3. The average molecular weight is 468 g/mol. The molecule has 1 saturated heterocycles. The number of hydrogen-bond acceptors (Lipinski definition) is 4. The zero-order valence-electron chi connectivity index (χ0n) is 16.1. The highest BCUT2D eigenvalue weighted by Crippen LogP contribution is 2.18. The molecule has 1 amide bonds. The molecule has 1 aliphatic heterocycles. The topological polar surface area (TPSA) is 74.2 Å². The van der Waals surface area contributed by atoms with Gasteiger partial charge in [-0.25, -0.2) is 4.99 Å². The minimum absolute atomic E-state index is 0. The lowest BCUT2D eigenvalue weighted by Gasteiger charge is -2.33. The molecule has 0 atom stereocenters. The summed E-state index contributed by atoms with van der Waals surface area (Å²) in [6.45, 7) is 8.92. The van der Waals surface area contributed by atoms with Gasteiger partial charge in [-0.05, 0) is 25.7 Å². The van der Waals surface area contributed by atoms with Crippen molar-refractivity contribution in [3.8, 4) is 0 Å². The summed E-state index contributed by atoms with van der Waals surface area (Å²) in [5, 5.41) is 3.34. The van der Waals surface area contributed by atoms with E-state index in [0.29, 0.717) is 12.5 Å². The minimum atomic E-state index is -0.103. The second-order valence-electron chi connectivity index (χ2n) is 6.72. The highest BCUT2D eigenvalue weighted by atomic mass is 127. The second kappa shape index (κ2) is 12.3. The summed E-state index contributed by atoms with van der Waals surface area (Å²) in [7, 11) is 3.45. The molecule has 1 fully saturated rings. The Morgan fingerprint density at radius 1 is 1.28 bits per heavy atom. The van der Waals surface area contributed by atoms with Gasteiger partial charge in [0.2, 0.25) is 5.91 Å². The normalized spacial score (nSPS) is 15.6. The van der Waals surface area contributed by atoms with Crippen LogP contribution >= 0.6 is 24.0 Å². The number of guanidine groups is 1. The molecule has 0 unspecified atom stereocenters. The predicted molar refractivity (Wildman–Crippen MR) is 110 cm³/mol. The molecule has 7 nitrogen and oxygen atoms in total. The number of rotatable bonds is 6. The summed E-state index contributed by atoms with van der Waals surface area (Å²) in [6.07, 6.45) is 1.51. The molecule has 1 heterocycles. The summed E-state index contributed by atoms with van der Waals surface area (Å²) in [5.41, 5.74) is 0. The first-order valence-electron chi connectivity index (χ1n) is 8.75. The van der Waals surface area contributed by atoms with Gasteiger partial charge in [-0.2, -0.15) is 0 Å². The summed E-state index contributed by atoms with van der Waals surface area (Å²) in [5.74, 6) is 1.07. The van der Waals surface area contributed by atoms with Crippen LogP contribution in [0.15, 0.2) is 4.99 Å². The molecule has 25 heavy (non-hydrogen) atoms. The molecule has 0 aromatic rings. The van der Waals surface area contributed by atoms with Gasteiger partial charge in [0.1, 0.15) is 6.54 Å². The number of piperidine rings is 1. The van der Waals surface area contributed by atoms with Gasteiger partial charge < -0.3 is 19.9 Å². The largest absolute Gasteiger partial charge is 0.466 e. The first-order valence-corrected chi connectivity index (χ1v) is 8.75. The van der Waals surface area contributed by atoms with Gasteiger partial charge in [-0.3, -0.25) is 9.59 Å². The van der Waals surface area contributed by atoms with E-state index in [1.165, 1.54) is 4.90 Å². The van der Waals surface area contributed by atoms with E-state index in [4.69, 9.17) is 4.74 Å². The van der Waals surface area contributed by atoms with Crippen molar-refractivity contribution in [1.82, 2.24) is 15.1 Å². The number of carbonyl (C=O) groups excluding carboxylic acids is 2. The number of halogens is 1. The number of likely N-dealkylation sites (tertiary alicyclic amines) is 1. The number of hydrogen-bond donors (Lipinski definition) is 1. The predicted octanol–water partition coefficient (Wildman–Crippen LogP) is 1.57. The molecule has 0 saturated carbocycles. The number of nitrogens with one attached hydrogen (secondary N) is 1. The number of likely N-dealkylation sites (N-methyl/N-ethyl adjacent to an activating group) is 1. The third kappa shape index (κ3) is 8.73. The van der Waals surface area contributed by atoms with Gasteiger partial charge in [0.25, 0.3) is 0 Å². The van der Waals surface area contributed by atoms with E-state index in [9.17, 15) is 9.59 Å². The van der Waals surface area contributed by atoms with E-state index < -0.39 is 0 Å². The quantitative estimate of drug-likeness (QED) is 0.277. The van der Waals surface area contributed by atoms with Crippen molar-refractivity contribution in [2.45, 2.75) is 33.6 Å². The van der Waals surface area contributed by atoms with Crippen LogP contribution in [0, 0.1) is 11.8 Å². The Morgan fingerprint density at radius 3 is 2.36 bits per heavy atom. The lowest BCUT2D eigenvalue weighted by atomic mass is 9.97. The molecule has 0 aliphatic carbocycles. The lowest BCUT2D eigenvalue weighted by Crippen LogP contribution is -2.48. The van der Waals surface area contributed by atoms with Gasteiger partial charge >= 0.3 is 5.97 Å². The van der Waals surface area contributed by atoms with Gasteiger partial charge in [0.05, 0.1) is 12.5 Å². The third-order valence-electron chi connectivity index (χ3n) is 3.95. The van der Waals surface area contributed by atoms with Gasteiger partial charge in [0, 0.05) is 33.7 Å². The van der Waals surface area contributed by atoms with E-state index >= 15 is 0 Å². The molecule has 146 valence electrons. The maximum Gasteiger partial charge on any atom is 0.309 e. The van der Waals surface area contributed by atoms with Crippen LogP contribution in [-0.4, -0.2) is 74.5 Å². The summed E-state index contributed by atoms with van der Waals surface area (Å²) in [4.78, 5) is 31.8. The number of aliphatic imine (C=N–C) groups is 1. The monoisotopic (exact) mass is 468 g/mol. The van der Waals surface area contributed by atoms with Crippen molar-refractivity contribution < 1.29 is 14.3 Å². The van der Waals surface area contributed by atoms with E-state index in [0.717, 1.165) is 38.4 Å². The van der Waals surface area contributed by atoms with Crippen LogP contribution in [0.4, 0.5) is 0 Å². The van der Waals surface area contributed by atoms with Crippen LogP contribution in [0.1, 0.15) is 33.6 Å². The Balaban J connectivity index is 0.00000576. The molecule has 0 radical (unpaired) electrons. The maximum absolute atomic E-state index is 11.8. The van der Waals surface area contributed by atoms with Gasteiger partial charge in [0.15, 0.2) is 5.96 Å². The molecular formula is C17H33IN4O3. The van der Waals surface area contributed by atoms with E-state index in [-0.39, 0.29) is 48.3 Å². The standard InChI is InChI=1S/C17H32N4O3.HI/c1-6-24-16(23)14-7-9-21(10-8-14)17(18-11-13(2)3)19-12-15(22)20(4)5;/h13-14H,6-12H2,1-5H3,(H,18,19);1H. The molecule has 0 bridgehead atoms. The highest BCUT2D eigenvalue weighted by molar-refractivity contribution is 14.0. The van der Waals surface area contributed by atoms with Crippen molar-refractivity contribution in [3.63, 3.8) is 0 Å². The Morgan fingerprint density at radius 2 is 1.88 bits per heavy atom. The van der Waals surface area contributed by atoms with Gasteiger partial charge in [-0.1, -0.05) is 13.8 Å². The first-order chi connectivity index (χ1) is 11.3. The molecule has 1 rings (SSSR count). The highest BCUT2D eigenvalue weighted by Gasteiger charge is 2.27. The fraction of sp³-hybridized carbons (Fsp3) is 0.824. The number of carbonyl (C=O) groups is 2. The maximum atomic E-state index is 11.8. The van der Waals surface area contributed by atoms with Crippen molar-refractivity contribution in [3.05, 3.63) is 0 Å². The van der Waals surface area contributed by atoms with Crippen LogP contribution in [0.2, 0.25) is 0 Å². The zero-order chi connectivity index (χ0) is 18.1. The summed E-state index contributed by atoms with van der Waals surface area (Å²) >= 11 is 0. The van der Waals surface area contributed by atoms with Crippen LogP contribution in [0.25, 0.3) is 0 Å². The molecule has 0 spiro atoms. The summed E-state index contributed by atoms with van der Waals surface area (Å²) < 4.78 is 5.11. The van der Waals surface area contributed by atoms with E-state index in [1.807, 2.05) is 6.92 Å². The van der Waals surface area contributed by atoms with Crippen molar-refractivity contribution in [1.29, 1.82) is 0 Å². The summed E-state index contributed by atoms with van der Waals surface area (Å²) in [6, 6.07) is 0. The van der Waals surface area contributed by atoms with Crippen LogP contribution in [-0.2, 0) is 14.3 Å². The van der Waals surface area contributed by atoms with Crippen LogP contribution in [0.3, 0.4) is 0 Å². The van der Waals surface area contributed by atoms with E-state index in [1.54, 1.807) is 14.1 Å². The molecule has 1 aliphatic rings. The van der Waals surface area contributed by atoms with Crippen LogP contribution in [0.5, 0.6) is 0 Å². The Bertz CT molecular complexity index is 447. The fourth-order valence-electron chi connectivity index (χ4n) is 2.43. The van der Waals surface area contributed by atoms with Crippen molar-refractivity contribution in [2.24, 2.45) is 16.8 Å². The number of ether oxygens (including phenoxy) is 1. The number of amides is 1. The Hall–Kier alpha value is -1.06. The molecule has 0 aromatic heterocycles. The Labute approximate surface area is 168 Å². The minimum Gasteiger partial charge on any atom is -0.466 e. The first kappa shape index (κ1) is 23.9. The lowest BCUT2D eigenvalue weighted by molar-refractivity contribution is -0.149. The van der Waals surface area contributed by atoms with Crippen molar-refractivity contribution >= 4 is 41.8 Å². The van der Waals surface area contributed by atoms with E-state index in [2.05, 4.69) is 29.1 Å². The number of esters is 1. The smallest absolute Gasteiger partial charge is 0.309 e. The van der Waals surface area contributed by atoms with Crippen LogP contribution < -0.4 is 5.32 Å². The third-order valence-corrected chi connectivity index (χ3v) is 3.95. The molecular weight excluding hydrogens is 435 g/mol. The Kier molecular flexibility index (Phi) is 11.8. The average Bonchev–Trinajstić information content (AvgIpc) is 2.54. The van der Waals surface area contributed by atoms with Crippen molar-refractivity contribution in [2.75, 3.05) is 46.9 Å². The second-order valence-corrected chi connectivity index (χ2v) is 6.72. The zero-order valence-corrected chi connectivity index (χ0v) is 18.4. The SMILES string of the molecule is CCOC(=O)C1CCN(C(=NCC(=O)N(C)C)NCC(C)C)CC1.I. The van der Waals surface area contributed by atoms with Gasteiger partial charge in [-0.15, -0.1) is 24.0 Å². The molecule has 8 heteroatoms.